The number of nitrogens with zero attached hydrogens (tertiary/aromatic N) is 2. The summed E-state index contributed by atoms with van der Waals surface area (Å²) in [5, 5.41) is 16.7. The molecule has 0 radical (unpaired) electrons. The number of ether oxygens (including phenoxy) is 1. The smallest absolute Gasteiger partial charge is 0.412 e. The summed E-state index contributed by atoms with van der Waals surface area (Å²) in [6, 6.07) is 11.3. The summed E-state index contributed by atoms with van der Waals surface area (Å²) < 4.78 is 11.7. The van der Waals surface area contributed by atoms with Crippen molar-refractivity contribution < 1.29 is 24.0 Å². The van der Waals surface area contributed by atoms with Gasteiger partial charge in [0.1, 0.15) is 32.7 Å². The van der Waals surface area contributed by atoms with E-state index in [0.717, 1.165) is 20.0 Å². The second kappa shape index (κ2) is 8.59. The number of hydrogen-bond donors (Lipinski definition) is 2. The molecule has 4 aromatic rings. The number of aliphatic carboxylic acids is 1. The summed E-state index contributed by atoms with van der Waals surface area (Å²) in [5.74, 6) is 5.33. The lowest BCUT2D eigenvalue weighted by atomic mass is 10.1. The van der Waals surface area contributed by atoms with E-state index in [1.807, 2.05) is 36.4 Å². The molecule has 8 nitrogen and oxygen atoms in total. The molecule has 1 saturated carbocycles. The predicted molar refractivity (Wildman–Crippen MR) is 128 cm³/mol. The molecule has 172 valence electrons. The third-order valence-corrected chi connectivity index (χ3v) is 7.88. The van der Waals surface area contributed by atoms with Crippen LogP contribution in [0.15, 0.2) is 40.9 Å². The van der Waals surface area contributed by atoms with Crippen molar-refractivity contribution in [3.63, 3.8) is 0 Å². The fourth-order valence-electron chi connectivity index (χ4n) is 3.45. The number of carboxylic acids is 1. The van der Waals surface area contributed by atoms with Crippen molar-refractivity contribution in [3.8, 4) is 11.8 Å². The minimum absolute atomic E-state index is 0.218. The number of anilines is 1. The molecular formula is C24H19N3O5S2. The summed E-state index contributed by atoms with van der Waals surface area (Å²) in [7, 11) is 0. The fraction of sp³-hybridized carbons (Fsp3) is 0.250. The van der Waals surface area contributed by atoms with Crippen LogP contribution in [0.1, 0.15) is 52.8 Å². The highest BCUT2D eigenvalue weighted by Crippen LogP contribution is 2.51. The number of aryl methyl sites for hydroxylation is 1. The van der Waals surface area contributed by atoms with Crippen molar-refractivity contribution in [1.82, 2.24) is 10.1 Å². The molecule has 2 N–H and O–H groups in total. The zero-order chi connectivity index (χ0) is 23.9. The van der Waals surface area contributed by atoms with Crippen LogP contribution in [0.3, 0.4) is 0 Å². The van der Waals surface area contributed by atoms with Gasteiger partial charge in [-0.05, 0) is 50.2 Å². The van der Waals surface area contributed by atoms with E-state index in [1.165, 1.54) is 22.7 Å². The van der Waals surface area contributed by atoms with E-state index in [0.29, 0.717) is 29.2 Å². The quantitative estimate of drug-likeness (QED) is 0.354. The van der Waals surface area contributed by atoms with Crippen LogP contribution in [0.25, 0.3) is 9.53 Å². The van der Waals surface area contributed by atoms with Crippen molar-refractivity contribution in [2.45, 2.75) is 38.2 Å². The van der Waals surface area contributed by atoms with Crippen LogP contribution < -0.4 is 5.32 Å². The standard InChI is InChI=1S/C24H19N3O5S2/c1-13-19(25-23(30)31-14(2)15-6-4-3-5-7-15)17(32-27-13)9-8-16-12-18-20(33-16)26-21(34-18)24(10-11-24)22(28)29/h3-7,12,14H,10-11H2,1-2H3,(H,25,30)(H,28,29). The maximum absolute atomic E-state index is 12.4. The minimum Gasteiger partial charge on any atom is -0.481 e. The summed E-state index contributed by atoms with van der Waals surface area (Å²) in [4.78, 5) is 30.0. The van der Waals surface area contributed by atoms with Gasteiger partial charge >= 0.3 is 12.1 Å². The van der Waals surface area contributed by atoms with Gasteiger partial charge in [-0.2, -0.15) is 0 Å². The Labute approximate surface area is 202 Å². The molecule has 1 fully saturated rings. The number of aromatic nitrogens is 2. The zero-order valence-electron chi connectivity index (χ0n) is 18.2. The Morgan fingerprint density at radius 2 is 2.00 bits per heavy atom. The monoisotopic (exact) mass is 493 g/mol. The van der Waals surface area contributed by atoms with Crippen molar-refractivity contribution in [3.05, 3.63) is 63.3 Å². The van der Waals surface area contributed by atoms with Crippen LogP contribution in [0, 0.1) is 18.8 Å². The molecule has 0 saturated heterocycles. The molecule has 1 aliphatic carbocycles. The lowest BCUT2D eigenvalue weighted by molar-refractivity contribution is -0.140. The van der Waals surface area contributed by atoms with Crippen LogP contribution >= 0.6 is 22.7 Å². The van der Waals surface area contributed by atoms with Gasteiger partial charge in [-0.3, -0.25) is 10.1 Å². The first-order valence-corrected chi connectivity index (χ1v) is 12.1. The zero-order valence-corrected chi connectivity index (χ0v) is 19.9. The molecule has 1 aromatic carbocycles. The van der Waals surface area contributed by atoms with E-state index in [-0.39, 0.29) is 5.76 Å². The van der Waals surface area contributed by atoms with E-state index < -0.39 is 23.6 Å². The summed E-state index contributed by atoms with van der Waals surface area (Å²) in [6.45, 7) is 3.49. The number of fused-ring (bicyclic) bond motifs is 1. The fourth-order valence-corrected chi connectivity index (χ4v) is 5.76. The summed E-state index contributed by atoms with van der Waals surface area (Å²) in [6.07, 6.45) is 0.195. The van der Waals surface area contributed by atoms with Gasteiger partial charge in [-0.1, -0.05) is 35.5 Å². The molecule has 1 atom stereocenters. The average Bonchev–Trinajstić information content (AvgIpc) is 3.26. The van der Waals surface area contributed by atoms with Gasteiger partial charge in [0, 0.05) is 0 Å². The molecule has 5 rings (SSSR count). The lowest BCUT2D eigenvalue weighted by Crippen LogP contribution is -2.18. The number of amides is 1. The predicted octanol–water partition coefficient (Wildman–Crippen LogP) is 5.48. The van der Waals surface area contributed by atoms with Gasteiger partial charge in [-0.15, -0.1) is 22.7 Å². The van der Waals surface area contributed by atoms with E-state index in [4.69, 9.17) is 9.26 Å². The highest BCUT2D eigenvalue weighted by molar-refractivity contribution is 7.27. The number of hydrogen-bond acceptors (Lipinski definition) is 8. The maximum atomic E-state index is 12.4. The third-order valence-electron chi connectivity index (χ3n) is 5.60. The number of benzene rings is 1. The maximum Gasteiger partial charge on any atom is 0.412 e. The average molecular weight is 494 g/mol. The molecule has 34 heavy (non-hydrogen) atoms. The van der Waals surface area contributed by atoms with Crippen LogP contribution in [0.4, 0.5) is 10.5 Å². The molecule has 1 unspecified atom stereocenters. The molecule has 0 spiro atoms. The van der Waals surface area contributed by atoms with Gasteiger partial charge in [0.25, 0.3) is 0 Å². The molecule has 3 heterocycles. The number of carbonyl (C=O) groups excluding carboxylic acids is 1. The number of carboxylic acid groups (broad SMARTS) is 1. The Morgan fingerprint density at radius 1 is 1.24 bits per heavy atom. The van der Waals surface area contributed by atoms with E-state index in [1.54, 1.807) is 13.8 Å². The summed E-state index contributed by atoms with van der Waals surface area (Å²) in [5.41, 5.74) is 0.911. The van der Waals surface area contributed by atoms with E-state index >= 15 is 0 Å². The molecule has 0 bridgehead atoms. The van der Waals surface area contributed by atoms with Crippen LogP contribution in [0.2, 0.25) is 0 Å². The van der Waals surface area contributed by atoms with Crippen LogP contribution in [-0.2, 0) is 14.9 Å². The normalized spacial score (nSPS) is 14.8. The van der Waals surface area contributed by atoms with Crippen molar-refractivity contribution >= 4 is 50.0 Å². The molecule has 1 amide bonds. The number of thiazole rings is 1. The highest BCUT2D eigenvalue weighted by Gasteiger charge is 2.54. The van der Waals surface area contributed by atoms with Gasteiger partial charge in [0.05, 0.1) is 9.58 Å². The first-order valence-electron chi connectivity index (χ1n) is 10.5. The van der Waals surface area contributed by atoms with Gasteiger partial charge in [0.2, 0.25) is 5.76 Å². The Hall–Kier alpha value is -3.68. The van der Waals surface area contributed by atoms with E-state index in [9.17, 15) is 14.7 Å². The molecular weight excluding hydrogens is 474 g/mol. The Bertz CT molecular complexity index is 1420. The molecule has 10 heteroatoms. The SMILES string of the molecule is Cc1noc(C#Cc2cc3sc(C4(C(=O)O)CC4)nc3s2)c1NC(=O)OC(C)c1ccccc1. The van der Waals surface area contributed by atoms with E-state index in [2.05, 4.69) is 27.3 Å². The summed E-state index contributed by atoms with van der Waals surface area (Å²) >= 11 is 2.78. The first kappa shape index (κ1) is 22.1. The first-order chi connectivity index (χ1) is 16.4. The highest BCUT2D eigenvalue weighted by atomic mass is 32.1. The van der Waals surface area contributed by atoms with Crippen molar-refractivity contribution in [2.24, 2.45) is 0 Å². The van der Waals surface area contributed by atoms with Gasteiger partial charge < -0.3 is 14.4 Å². The topological polar surface area (TPSA) is 115 Å². The minimum atomic E-state index is -0.814. The lowest BCUT2D eigenvalue weighted by Gasteiger charge is -2.13. The number of thiophene rings is 1. The Kier molecular flexibility index (Phi) is 5.59. The second-order valence-electron chi connectivity index (χ2n) is 7.99. The Balaban J connectivity index is 1.30. The molecule has 1 aliphatic rings. The van der Waals surface area contributed by atoms with Gasteiger partial charge in [0.15, 0.2) is 0 Å². The van der Waals surface area contributed by atoms with Crippen molar-refractivity contribution in [2.75, 3.05) is 5.32 Å². The number of nitrogens with one attached hydrogen (secondary N) is 1. The largest absolute Gasteiger partial charge is 0.481 e. The van der Waals surface area contributed by atoms with Crippen molar-refractivity contribution in [1.29, 1.82) is 0 Å². The third kappa shape index (κ3) is 4.16. The van der Waals surface area contributed by atoms with Gasteiger partial charge in [-0.25, -0.2) is 9.78 Å². The molecule has 3 aromatic heterocycles. The van der Waals surface area contributed by atoms with Crippen LogP contribution in [-0.4, -0.2) is 27.3 Å². The molecule has 0 aliphatic heterocycles. The second-order valence-corrected chi connectivity index (χ2v) is 10.1. The number of carbonyl (C=O) groups is 2. The number of rotatable bonds is 5. The Morgan fingerprint density at radius 3 is 2.68 bits per heavy atom. The van der Waals surface area contributed by atoms with Crippen LogP contribution in [0.5, 0.6) is 0 Å².